The molecule has 1 radical (unpaired) electrons. The zero-order valence-electron chi connectivity index (χ0n) is 6.31. The summed E-state index contributed by atoms with van der Waals surface area (Å²) in [4.78, 5) is 20.7. The average molecular weight is 181 g/mol. The lowest BCUT2D eigenvalue weighted by Gasteiger charge is -1.99. The Morgan fingerprint density at radius 3 is 2.15 bits per heavy atom. The largest absolute Gasteiger partial charge is 0.506 e. The molecule has 13 heavy (non-hydrogen) atoms. The molecule has 0 aliphatic carbocycles. The third kappa shape index (κ3) is 1.76. The average Bonchev–Trinajstić information content (AvgIpc) is 2.03. The number of rotatable bonds is 2. The van der Waals surface area contributed by atoms with Crippen molar-refractivity contribution in [3.63, 3.8) is 0 Å². The summed E-state index contributed by atoms with van der Waals surface area (Å²) in [6.07, 6.45) is 0. The molecule has 0 atom stereocenters. The molecule has 0 bridgehead atoms. The predicted octanol–water partition coefficient (Wildman–Crippen LogP) is 0.589. The Kier molecular flexibility index (Phi) is 2.19. The number of aromatic carboxylic acids is 2. The first-order valence-electron chi connectivity index (χ1n) is 3.24. The minimum atomic E-state index is -1.33. The number of carbonyl (C=O) groups is 2. The molecule has 67 valence electrons. The SMILES string of the molecule is O=C(O)c1[c]c(O)c(C(=O)O)cc1. The summed E-state index contributed by atoms with van der Waals surface area (Å²) in [5.74, 6) is -3.27. The van der Waals surface area contributed by atoms with E-state index in [1.165, 1.54) is 0 Å². The number of aromatic hydroxyl groups is 1. The molecule has 1 aromatic rings. The van der Waals surface area contributed by atoms with Gasteiger partial charge in [0, 0.05) is 6.07 Å². The summed E-state index contributed by atoms with van der Waals surface area (Å²) < 4.78 is 0. The van der Waals surface area contributed by atoms with Crippen molar-refractivity contribution in [3.8, 4) is 5.75 Å². The van der Waals surface area contributed by atoms with Crippen LogP contribution in [-0.4, -0.2) is 27.3 Å². The number of carboxylic acids is 2. The molecule has 0 amide bonds. The second-order valence-corrected chi connectivity index (χ2v) is 2.24. The summed E-state index contributed by atoms with van der Waals surface area (Å²) in [5.41, 5.74) is -0.646. The van der Waals surface area contributed by atoms with Crippen molar-refractivity contribution in [1.29, 1.82) is 0 Å². The van der Waals surface area contributed by atoms with Crippen LogP contribution in [0.5, 0.6) is 5.75 Å². The number of benzene rings is 1. The third-order valence-electron chi connectivity index (χ3n) is 1.39. The monoisotopic (exact) mass is 181 g/mol. The highest BCUT2D eigenvalue weighted by Crippen LogP contribution is 2.17. The van der Waals surface area contributed by atoms with E-state index in [2.05, 4.69) is 0 Å². The van der Waals surface area contributed by atoms with Crippen LogP contribution in [0.15, 0.2) is 12.1 Å². The van der Waals surface area contributed by atoms with Crippen LogP contribution in [0.2, 0.25) is 0 Å². The topological polar surface area (TPSA) is 94.8 Å². The molecule has 0 aliphatic rings. The zero-order chi connectivity index (χ0) is 10.0. The van der Waals surface area contributed by atoms with Crippen LogP contribution < -0.4 is 0 Å². The highest BCUT2D eigenvalue weighted by atomic mass is 16.4. The quantitative estimate of drug-likeness (QED) is 0.620. The Labute approximate surface area is 72.9 Å². The van der Waals surface area contributed by atoms with E-state index in [4.69, 9.17) is 15.3 Å². The van der Waals surface area contributed by atoms with Crippen molar-refractivity contribution in [3.05, 3.63) is 29.3 Å². The van der Waals surface area contributed by atoms with Gasteiger partial charge in [-0.3, -0.25) is 0 Å². The van der Waals surface area contributed by atoms with Gasteiger partial charge in [-0.1, -0.05) is 0 Å². The molecular weight excluding hydrogens is 176 g/mol. The maximum Gasteiger partial charge on any atom is 0.339 e. The van der Waals surface area contributed by atoms with Gasteiger partial charge in [0.1, 0.15) is 11.3 Å². The molecule has 0 unspecified atom stereocenters. The van der Waals surface area contributed by atoms with Gasteiger partial charge in [-0.2, -0.15) is 0 Å². The molecule has 0 aliphatic heterocycles. The lowest BCUT2D eigenvalue weighted by molar-refractivity contribution is 0.0677. The van der Waals surface area contributed by atoms with E-state index in [-0.39, 0.29) is 11.1 Å². The molecule has 1 aromatic carbocycles. The summed E-state index contributed by atoms with van der Waals surface area (Å²) in [5, 5.41) is 25.9. The van der Waals surface area contributed by atoms with Gasteiger partial charge in [0.05, 0.1) is 5.56 Å². The van der Waals surface area contributed by atoms with Crippen LogP contribution in [0.3, 0.4) is 0 Å². The molecule has 0 aromatic heterocycles. The molecule has 0 saturated heterocycles. The van der Waals surface area contributed by atoms with Crippen LogP contribution in [0.1, 0.15) is 20.7 Å². The zero-order valence-corrected chi connectivity index (χ0v) is 6.31. The van der Waals surface area contributed by atoms with Crippen molar-refractivity contribution in [2.45, 2.75) is 0 Å². The highest BCUT2D eigenvalue weighted by molar-refractivity contribution is 5.94. The first kappa shape index (κ1) is 9.05. The lowest BCUT2D eigenvalue weighted by atomic mass is 10.1. The van der Waals surface area contributed by atoms with Crippen LogP contribution in [0, 0.1) is 6.07 Å². The first-order chi connectivity index (χ1) is 6.02. The summed E-state index contributed by atoms with van der Waals surface area (Å²) in [6.45, 7) is 0. The summed E-state index contributed by atoms with van der Waals surface area (Å²) in [7, 11) is 0. The third-order valence-corrected chi connectivity index (χ3v) is 1.39. The lowest BCUT2D eigenvalue weighted by Crippen LogP contribution is -2.01. The van der Waals surface area contributed by atoms with Crippen molar-refractivity contribution in [2.75, 3.05) is 0 Å². The van der Waals surface area contributed by atoms with Crippen molar-refractivity contribution in [1.82, 2.24) is 0 Å². The van der Waals surface area contributed by atoms with E-state index < -0.39 is 17.7 Å². The molecule has 3 N–H and O–H groups in total. The van der Waals surface area contributed by atoms with Crippen LogP contribution in [0.25, 0.3) is 0 Å². The van der Waals surface area contributed by atoms with E-state index >= 15 is 0 Å². The Bertz CT molecular complexity index is 369. The van der Waals surface area contributed by atoms with E-state index in [9.17, 15) is 9.59 Å². The van der Waals surface area contributed by atoms with Gasteiger partial charge < -0.3 is 15.3 Å². The summed E-state index contributed by atoms with van der Waals surface area (Å²) >= 11 is 0. The minimum Gasteiger partial charge on any atom is -0.506 e. The van der Waals surface area contributed by atoms with E-state index in [0.29, 0.717) is 0 Å². The van der Waals surface area contributed by atoms with Crippen LogP contribution in [0.4, 0.5) is 0 Å². The summed E-state index contributed by atoms with van der Waals surface area (Å²) in [6, 6.07) is 4.10. The second kappa shape index (κ2) is 3.14. The maximum absolute atomic E-state index is 10.4. The maximum atomic E-state index is 10.4. The van der Waals surface area contributed by atoms with E-state index in [0.717, 1.165) is 12.1 Å². The van der Waals surface area contributed by atoms with Crippen LogP contribution in [-0.2, 0) is 0 Å². The Morgan fingerprint density at radius 2 is 1.77 bits per heavy atom. The molecule has 5 heteroatoms. The van der Waals surface area contributed by atoms with Crippen molar-refractivity contribution >= 4 is 11.9 Å². The number of phenols is 1. The van der Waals surface area contributed by atoms with Gasteiger partial charge in [-0.15, -0.1) is 0 Å². The normalized spacial score (nSPS) is 9.54. The number of carboxylic acid groups (broad SMARTS) is 2. The second-order valence-electron chi connectivity index (χ2n) is 2.24. The van der Waals surface area contributed by atoms with E-state index in [1.807, 2.05) is 6.07 Å². The smallest absolute Gasteiger partial charge is 0.339 e. The molecule has 5 nitrogen and oxygen atoms in total. The van der Waals surface area contributed by atoms with Gasteiger partial charge in [0.25, 0.3) is 0 Å². The van der Waals surface area contributed by atoms with Crippen LogP contribution >= 0.6 is 0 Å². The van der Waals surface area contributed by atoms with Gasteiger partial charge in [0.2, 0.25) is 0 Å². The molecule has 0 fully saturated rings. The molecule has 0 spiro atoms. The van der Waals surface area contributed by atoms with Crippen molar-refractivity contribution < 1.29 is 24.9 Å². The fourth-order valence-corrected chi connectivity index (χ4v) is 0.779. The van der Waals surface area contributed by atoms with E-state index in [1.54, 1.807) is 0 Å². The van der Waals surface area contributed by atoms with Gasteiger partial charge in [-0.05, 0) is 12.1 Å². The molecule has 0 heterocycles. The Morgan fingerprint density at radius 1 is 1.15 bits per heavy atom. The van der Waals surface area contributed by atoms with Gasteiger partial charge in [-0.25, -0.2) is 9.59 Å². The first-order valence-corrected chi connectivity index (χ1v) is 3.24. The number of hydrogen-bond acceptors (Lipinski definition) is 3. The van der Waals surface area contributed by atoms with Crippen molar-refractivity contribution in [2.24, 2.45) is 0 Å². The highest BCUT2D eigenvalue weighted by Gasteiger charge is 2.12. The fourth-order valence-electron chi connectivity index (χ4n) is 0.779. The predicted molar refractivity (Wildman–Crippen MR) is 40.9 cm³/mol. The molecule has 1 rings (SSSR count). The molecular formula is C8H5O5. The fraction of sp³-hybridized carbons (Fsp3) is 0. The van der Waals surface area contributed by atoms with Gasteiger partial charge in [0.15, 0.2) is 0 Å². The molecule has 0 saturated carbocycles. The minimum absolute atomic E-state index is 0.275. The Balaban J connectivity index is 3.20. The standard InChI is InChI=1S/C8H5O5/c9-6-3-4(7(10)11)1-2-5(6)8(12)13/h1-2,9H,(H,10,11)(H,12,13). The number of hydrogen-bond donors (Lipinski definition) is 3. The Hall–Kier alpha value is -2.04. The van der Waals surface area contributed by atoms with Gasteiger partial charge >= 0.3 is 11.9 Å².